The number of amides is 1. The molecule has 0 spiro atoms. The summed E-state index contributed by atoms with van der Waals surface area (Å²) in [6.45, 7) is 4.97. The minimum atomic E-state index is -0.133. The molecule has 1 amide bonds. The van der Waals surface area contributed by atoms with E-state index < -0.39 is 0 Å². The second-order valence-corrected chi connectivity index (χ2v) is 5.98. The first-order valence-corrected chi connectivity index (χ1v) is 8.88. The van der Waals surface area contributed by atoms with Gasteiger partial charge in [-0.3, -0.25) is 4.79 Å². The van der Waals surface area contributed by atoms with Crippen molar-refractivity contribution in [3.63, 3.8) is 0 Å². The first-order valence-electron chi connectivity index (χ1n) is 8.88. The topological polar surface area (TPSA) is 75.3 Å². The number of benzene rings is 1. The highest BCUT2D eigenvalue weighted by Crippen LogP contribution is 2.21. The largest absolute Gasteiger partial charge is 0.494 e. The van der Waals surface area contributed by atoms with Crippen LogP contribution in [-0.4, -0.2) is 37.1 Å². The fourth-order valence-corrected chi connectivity index (χ4v) is 2.75. The fraction of sp³-hybridized carbons (Fsp3) is 0.300. The van der Waals surface area contributed by atoms with Crippen LogP contribution in [0.2, 0.25) is 0 Å². The Morgan fingerprint density at radius 3 is 2.85 bits per heavy atom. The molecule has 6 heteroatoms. The van der Waals surface area contributed by atoms with E-state index in [0.717, 1.165) is 30.9 Å². The summed E-state index contributed by atoms with van der Waals surface area (Å²) >= 11 is 0. The molecule has 6 nitrogen and oxygen atoms in total. The van der Waals surface area contributed by atoms with E-state index in [4.69, 9.17) is 4.74 Å². The molecule has 0 aliphatic carbocycles. The zero-order chi connectivity index (χ0) is 18.2. The Bertz CT molecular complexity index is 772. The van der Waals surface area contributed by atoms with Gasteiger partial charge in [0.05, 0.1) is 12.2 Å². The first-order chi connectivity index (χ1) is 12.8. The standard InChI is InChI=1S/C20H24N4O2/c1-2-26-17-7-5-16(6-8-17)24-19-18(4-3-11-22-19)20(25)23-14-15-9-12-21-13-10-15/h3-9,11,21H,2,10,12-14H2,1H3,(H,22,24)(H,23,25). The number of rotatable bonds is 7. The smallest absolute Gasteiger partial charge is 0.255 e. The summed E-state index contributed by atoms with van der Waals surface area (Å²) in [4.78, 5) is 16.9. The molecule has 1 aromatic heterocycles. The number of pyridine rings is 1. The lowest BCUT2D eigenvalue weighted by molar-refractivity contribution is 0.0957. The lowest BCUT2D eigenvalue weighted by atomic mass is 10.1. The van der Waals surface area contributed by atoms with Gasteiger partial charge in [-0.05, 0) is 56.3 Å². The van der Waals surface area contributed by atoms with Crippen molar-refractivity contribution >= 4 is 17.4 Å². The van der Waals surface area contributed by atoms with Crippen LogP contribution in [0.4, 0.5) is 11.5 Å². The molecule has 0 bridgehead atoms. The van der Waals surface area contributed by atoms with Gasteiger partial charge >= 0.3 is 0 Å². The summed E-state index contributed by atoms with van der Waals surface area (Å²) in [6, 6.07) is 11.1. The lowest BCUT2D eigenvalue weighted by Crippen LogP contribution is -2.30. The van der Waals surface area contributed by atoms with Gasteiger partial charge in [0.15, 0.2) is 0 Å². The van der Waals surface area contributed by atoms with E-state index in [1.165, 1.54) is 5.57 Å². The second-order valence-electron chi connectivity index (χ2n) is 5.98. The van der Waals surface area contributed by atoms with Crippen LogP contribution >= 0.6 is 0 Å². The van der Waals surface area contributed by atoms with E-state index in [2.05, 4.69) is 27.0 Å². The Balaban J connectivity index is 1.66. The van der Waals surface area contributed by atoms with E-state index in [1.54, 1.807) is 18.3 Å². The molecule has 0 saturated heterocycles. The van der Waals surface area contributed by atoms with Gasteiger partial charge in [-0.25, -0.2) is 4.98 Å². The highest BCUT2D eigenvalue weighted by molar-refractivity contribution is 5.99. The van der Waals surface area contributed by atoms with Crippen LogP contribution in [-0.2, 0) is 0 Å². The first kappa shape index (κ1) is 17.9. The molecule has 136 valence electrons. The lowest BCUT2D eigenvalue weighted by Gasteiger charge is -2.15. The number of hydrogen-bond acceptors (Lipinski definition) is 5. The maximum atomic E-state index is 12.6. The van der Waals surface area contributed by atoms with Crippen LogP contribution in [0.25, 0.3) is 0 Å². The predicted octanol–water partition coefficient (Wildman–Crippen LogP) is 2.87. The van der Waals surface area contributed by atoms with Crippen molar-refractivity contribution in [2.24, 2.45) is 0 Å². The molecule has 0 unspecified atom stereocenters. The summed E-state index contributed by atoms with van der Waals surface area (Å²) in [5, 5.41) is 9.46. The van der Waals surface area contributed by atoms with Crippen molar-refractivity contribution in [3.05, 3.63) is 59.8 Å². The maximum Gasteiger partial charge on any atom is 0.255 e. The number of nitrogens with zero attached hydrogens (tertiary/aromatic N) is 1. The Morgan fingerprint density at radius 1 is 1.27 bits per heavy atom. The average molecular weight is 352 g/mol. The van der Waals surface area contributed by atoms with Gasteiger partial charge in [-0.1, -0.05) is 11.6 Å². The third-order valence-corrected chi connectivity index (χ3v) is 4.11. The van der Waals surface area contributed by atoms with Gasteiger partial charge in [0.1, 0.15) is 11.6 Å². The highest BCUT2D eigenvalue weighted by atomic mass is 16.5. The van der Waals surface area contributed by atoms with Crippen LogP contribution in [0, 0.1) is 0 Å². The third-order valence-electron chi connectivity index (χ3n) is 4.11. The maximum absolute atomic E-state index is 12.6. The monoisotopic (exact) mass is 352 g/mol. The molecule has 3 rings (SSSR count). The van der Waals surface area contributed by atoms with Gasteiger partial charge < -0.3 is 20.7 Å². The Hall–Kier alpha value is -2.86. The highest BCUT2D eigenvalue weighted by Gasteiger charge is 2.13. The predicted molar refractivity (Wildman–Crippen MR) is 103 cm³/mol. The van der Waals surface area contributed by atoms with E-state index in [1.807, 2.05) is 31.2 Å². The molecule has 2 aromatic rings. The number of aromatic nitrogens is 1. The molecule has 0 saturated carbocycles. The van der Waals surface area contributed by atoms with Gasteiger partial charge in [-0.15, -0.1) is 0 Å². The summed E-state index contributed by atoms with van der Waals surface area (Å²) in [5.74, 6) is 1.21. The SMILES string of the molecule is CCOc1ccc(Nc2ncccc2C(=O)NCC2=CCNCC2)cc1. The molecule has 2 heterocycles. The molecule has 1 aliphatic rings. The molecular weight excluding hydrogens is 328 g/mol. The molecule has 0 radical (unpaired) electrons. The molecule has 26 heavy (non-hydrogen) atoms. The van der Waals surface area contributed by atoms with Gasteiger partial charge in [-0.2, -0.15) is 0 Å². The third kappa shape index (κ3) is 4.83. The Kier molecular flexibility index (Phi) is 6.22. The van der Waals surface area contributed by atoms with Gasteiger partial charge in [0, 0.05) is 25.0 Å². The number of carbonyl (C=O) groups excluding carboxylic acids is 1. The molecule has 1 aliphatic heterocycles. The summed E-state index contributed by atoms with van der Waals surface area (Å²) < 4.78 is 5.45. The zero-order valence-electron chi connectivity index (χ0n) is 14.9. The molecular formula is C20H24N4O2. The van der Waals surface area contributed by atoms with Crippen LogP contribution in [0.1, 0.15) is 23.7 Å². The molecule has 3 N–H and O–H groups in total. The van der Waals surface area contributed by atoms with Gasteiger partial charge in [0.2, 0.25) is 0 Å². The second kappa shape index (κ2) is 9.01. The van der Waals surface area contributed by atoms with Crippen LogP contribution in [0.5, 0.6) is 5.75 Å². The van der Waals surface area contributed by atoms with E-state index in [0.29, 0.717) is 24.5 Å². The van der Waals surface area contributed by atoms with Gasteiger partial charge in [0.25, 0.3) is 5.91 Å². The van der Waals surface area contributed by atoms with E-state index >= 15 is 0 Å². The van der Waals surface area contributed by atoms with Crippen LogP contribution in [0.15, 0.2) is 54.2 Å². The van der Waals surface area contributed by atoms with Crippen molar-refractivity contribution < 1.29 is 9.53 Å². The Labute approximate surface area is 153 Å². The van der Waals surface area contributed by atoms with E-state index in [-0.39, 0.29) is 5.91 Å². The Morgan fingerprint density at radius 2 is 2.12 bits per heavy atom. The minimum absolute atomic E-state index is 0.133. The summed E-state index contributed by atoms with van der Waals surface area (Å²) in [5.41, 5.74) is 2.63. The number of hydrogen-bond donors (Lipinski definition) is 3. The molecule has 1 aromatic carbocycles. The van der Waals surface area contributed by atoms with Crippen LogP contribution in [0.3, 0.4) is 0 Å². The minimum Gasteiger partial charge on any atom is -0.494 e. The summed E-state index contributed by atoms with van der Waals surface area (Å²) in [6.07, 6.45) is 4.76. The summed E-state index contributed by atoms with van der Waals surface area (Å²) in [7, 11) is 0. The normalized spacial score (nSPS) is 13.7. The van der Waals surface area contributed by atoms with Crippen LogP contribution < -0.4 is 20.7 Å². The quantitative estimate of drug-likeness (QED) is 0.668. The number of anilines is 2. The van der Waals surface area contributed by atoms with Crippen molar-refractivity contribution in [2.45, 2.75) is 13.3 Å². The zero-order valence-corrected chi connectivity index (χ0v) is 14.9. The molecule has 0 fully saturated rings. The van der Waals surface area contributed by atoms with E-state index in [9.17, 15) is 4.79 Å². The van der Waals surface area contributed by atoms with Crippen molar-refractivity contribution in [2.75, 3.05) is 31.6 Å². The number of ether oxygens (including phenoxy) is 1. The fourth-order valence-electron chi connectivity index (χ4n) is 2.75. The number of nitrogens with one attached hydrogen (secondary N) is 3. The molecule has 0 atom stereocenters. The number of carbonyl (C=O) groups is 1. The van der Waals surface area contributed by atoms with Crippen molar-refractivity contribution in [1.29, 1.82) is 0 Å². The average Bonchev–Trinajstić information content (AvgIpc) is 2.69. The van der Waals surface area contributed by atoms with Crippen molar-refractivity contribution in [1.82, 2.24) is 15.6 Å². The van der Waals surface area contributed by atoms with Crippen molar-refractivity contribution in [3.8, 4) is 5.75 Å².